The number of rotatable bonds is 5. The van der Waals surface area contributed by atoms with E-state index in [1.165, 1.54) is 11.8 Å². The number of nitrogens with zero attached hydrogens (tertiary/aromatic N) is 3. The summed E-state index contributed by atoms with van der Waals surface area (Å²) in [5, 5.41) is 6.53. The van der Waals surface area contributed by atoms with Crippen LogP contribution in [0, 0.1) is 0 Å². The zero-order valence-electron chi connectivity index (χ0n) is 13.7. The highest BCUT2D eigenvalue weighted by Gasteiger charge is 2.17. The van der Waals surface area contributed by atoms with Gasteiger partial charge in [0, 0.05) is 30.9 Å². The van der Waals surface area contributed by atoms with E-state index in [0.717, 1.165) is 26.6 Å². The highest BCUT2D eigenvalue weighted by molar-refractivity contribution is 8.00. The van der Waals surface area contributed by atoms with Crippen molar-refractivity contribution < 1.29 is 4.79 Å². The van der Waals surface area contributed by atoms with E-state index in [-0.39, 0.29) is 11.2 Å². The van der Waals surface area contributed by atoms with E-state index in [4.69, 9.17) is 0 Å². The summed E-state index contributed by atoms with van der Waals surface area (Å²) in [4.78, 5) is 23.9. The Morgan fingerprint density at radius 2 is 1.96 bits per heavy atom. The fourth-order valence-corrected chi connectivity index (χ4v) is 3.87. The second-order valence-electron chi connectivity index (χ2n) is 5.51. The molecule has 0 saturated carbocycles. The molecule has 0 fully saturated rings. The number of fused-ring (bicyclic) bond motifs is 1. The summed E-state index contributed by atoms with van der Waals surface area (Å²) < 4.78 is 0. The number of carbonyl (C=O) groups is 1. The third-order valence-electron chi connectivity index (χ3n) is 3.53. The minimum absolute atomic E-state index is 0.0420. The van der Waals surface area contributed by atoms with Crippen LogP contribution in [0.15, 0.2) is 47.1 Å². The van der Waals surface area contributed by atoms with Crippen LogP contribution in [0.4, 0.5) is 11.4 Å². The topological polar surface area (TPSA) is 58.1 Å². The van der Waals surface area contributed by atoms with Gasteiger partial charge in [-0.3, -0.25) is 4.79 Å². The molecule has 124 valence electrons. The van der Waals surface area contributed by atoms with Crippen LogP contribution in [-0.4, -0.2) is 35.2 Å². The molecule has 24 heavy (non-hydrogen) atoms. The molecule has 0 aliphatic rings. The van der Waals surface area contributed by atoms with Crippen molar-refractivity contribution in [2.24, 2.45) is 0 Å². The second-order valence-corrected chi connectivity index (χ2v) is 7.73. The molecule has 1 aromatic carbocycles. The molecule has 1 atom stereocenters. The molecule has 2 aromatic heterocycles. The fraction of sp³-hybridized carbons (Fsp3) is 0.235. The fourth-order valence-electron chi connectivity index (χ4n) is 2.17. The summed E-state index contributed by atoms with van der Waals surface area (Å²) in [7, 11) is 3.97. The van der Waals surface area contributed by atoms with E-state index in [9.17, 15) is 4.79 Å². The first-order valence-electron chi connectivity index (χ1n) is 7.47. The van der Waals surface area contributed by atoms with Crippen LogP contribution < -0.4 is 10.2 Å². The molecule has 7 heteroatoms. The Kier molecular flexibility index (Phi) is 5.01. The van der Waals surface area contributed by atoms with Crippen LogP contribution in [0.2, 0.25) is 0 Å². The average Bonchev–Trinajstić information content (AvgIpc) is 3.05. The lowest BCUT2D eigenvalue weighted by Crippen LogP contribution is -2.22. The lowest BCUT2D eigenvalue weighted by atomic mass is 10.2. The Morgan fingerprint density at radius 3 is 2.67 bits per heavy atom. The van der Waals surface area contributed by atoms with E-state index < -0.39 is 0 Å². The first-order valence-corrected chi connectivity index (χ1v) is 9.23. The zero-order chi connectivity index (χ0) is 17.1. The van der Waals surface area contributed by atoms with Crippen LogP contribution in [-0.2, 0) is 4.79 Å². The molecule has 1 unspecified atom stereocenters. The molecule has 0 spiro atoms. The first-order chi connectivity index (χ1) is 11.5. The molecule has 3 aromatic rings. The predicted molar refractivity (Wildman–Crippen MR) is 102 cm³/mol. The lowest BCUT2D eigenvalue weighted by molar-refractivity contribution is -0.115. The Hall–Kier alpha value is -2.12. The van der Waals surface area contributed by atoms with Gasteiger partial charge in [0.2, 0.25) is 5.91 Å². The van der Waals surface area contributed by atoms with Crippen LogP contribution >= 0.6 is 23.1 Å². The van der Waals surface area contributed by atoms with Crippen LogP contribution in [0.1, 0.15) is 6.92 Å². The summed E-state index contributed by atoms with van der Waals surface area (Å²) in [5.74, 6) is -0.0420. The zero-order valence-corrected chi connectivity index (χ0v) is 15.3. The van der Waals surface area contributed by atoms with E-state index in [1.807, 2.05) is 61.6 Å². The summed E-state index contributed by atoms with van der Waals surface area (Å²) >= 11 is 3.02. The van der Waals surface area contributed by atoms with Gasteiger partial charge in [-0.15, -0.1) is 11.3 Å². The molecule has 1 N–H and O–H groups in total. The van der Waals surface area contributed by atoms with E-state index in [0.29, 0.717) is 0 Å². The van der Waals surface area contributed by atoms with Crippen LogP contribution in [0.25, 0.3) is 10.2 Å². The van der Waals surface area contributed by atoms with Gasteiger partial charge in [0.05, 0.1) is 5.25 Å². The summed E-state index contributed by atoms with van der Waals surface area (Å²) in [6.07, 6.45) is 1.55. The highest BCUT2D eigenvalue weighted by Crippen LogP contribution is 2.30. The average molecular weight is 358 g/mol. The summed E-state index contributed by atoms with van der Waals surface area (Å²) in [6.45, 7) is 1.88. The maximum atomic E-state index is 12.4. The summed E-state index contributed by atoms with van der Waals surface area (Å²) in [6, 6.07) is 9.77. The number of thiophene rings is 1. The molecule has 5 nitrogen and oxygen atoms in total. The number of nitrogens with one attached hydrogen (secondary N) is 1. The van der Waals surface area contributed by atoms with Crippen molar-refractivity contribution in [2.75, 3.05) is 24.3 Å². The van der Waals surface area contributed by atoms with E-state index in [2.05, 4.69) is 15.3 Å². The van der Waals surface area contributed by atoms with Gasteiger partial charge >= 0.3 is 0 Å². The van der Waals surface area contributed by atoms with Gasteiger partial charge in [-0.1, -0.05) is 11.8 Å². The highest BCUT2D eigenvalue weighted by atomic mass is 32.2. The third-order valence-corrected chi connectivity index (χ3v) is 5.47. The molecular weight excluding hydrogens is 340 g/mol. The molecule has 2 heterocycles. The van der Waals surface area contributed by atoms with Crippen molar-refractivity contribution in [3.8, 4) is 0 Å². The number of anilines is 2. The summed E-state index contributed by atoms with van der Waals surface area (Å²) in [5.41, 5.74) is 1.89. The van der Waals surface area contributed by atoms with Crippen LogP contribution in [0.3, 0.4) is 0 Å². The molecule has 0 radical (unpaired) electrons. The molecule has 0 aliphatic carbocycles. The van der Waals surface area contributed by atoms with Crippen molar-refractivity contribution in [2.45, 2.75) is 17.2 Å². The largest absolute Gasteiger partial charge is 0.378 e. The number of hydrogen-bond acceptors (Lipinski definition) is 6. The van der Waals surface area contributed by atoms with Gasteiger partial charge in [0.25, 0.3) is 0 Å². The number of benzene rings is 1. The maximum Gasteiger partial charge on any atom is 0.237 e. The molecule has 1 amide bonds. The SMILES string of the molecule is CC(Sc1ncnc2sccc12)C(=O)Nc1ccc(N(C)C)cc1. The van der Waals surface area contributed by atoms with Gasteiger partial charge < -0.3 is 10.2 Å². The lowest BCUT2D eigenvalue weighted by Gasteiger charge is -2.14. The Balaban J connectivity index is 1.67. The number of amides is 1. The van der Waals surface area contributed by atoms with Crippen molar-refractivity contribution in [3.05, 3.63) is 42.0 Å². The van der Waals surface area contributed by atoms with Gasteiger partial charge in [-0.25, -0.2) is 9.97 Å². The Bertz CT molecular complexity index is 845. The molecule has 0 aliphatic heterocycles. The van der Waals surface area contributed by atoms with Gasteiger partial charge in [-0.05, 0) is 42.6 Å². The van der Waals surface area contributed by atoms with Gasteiger partial charge in [0.15, 0.2) is 0 Å². The monoisotopic (exact) mass is 358 g/mol. The van der Waals surface area contributed by atoms with Crippen molar-refractivity contribution in [1.29, 1.82) is 0 Å². The minimum Gasteiger partial charge on any atom is -0.378 e. The molecule has 3 rings (SSSR count). The van der Waals surface area contributed by atoms with Crippen molar-refractivity contribution >= 4 is 50.6 Å². The van der Waals surface area contributed by atoms with Crippen molar-refractivity contribution in [1.82, 2.24) is 9.97 Å². The quantitative estimate of drug-likeness (QED) is 0.554. The Labute approximate surface area is 149 Å². The Morgan fingerprint density at radius 1 is 1.21 bits per heavy atom. The molecular formula is C17H18N4OS2. The standard InChI is InChI=1S/C17H18N4OS2/c1-11(24-17-14-8-9-23-16(14)18-10-19-17)15(22)20-12-4-6-13(7-5-12)21(2)3/h4-11H,1-3H3,(H,20,22). The van der Waals surface area contributed by atoms with Gasteiger partial charge in [0.1, 0.15) is 16.2 Å². The van der Waals surface area contributed by atoms with Crippen LogP contribution in [0.5, 0.6) is 0 Å². The minimum atomic E-state index is -0.253. The number of hydrogen-bond donors (Lipinski definition) is 1. The second kappa shape index (κ2) is 7.19. The number of thioether (sulfide) groups is 1. The predicted octanol–water partition coefficient (Wildman–Crippen LogP) is 3.88. The molecule has 0 saturated heterocycles. The smallest absolute Gasteiger partial charge is 0.237 e. The van der Waals surface area contributed by atoms with E-state index in [1.54, 1.807) is 17.7 Å². The first kappa shape index (κ1) is 16.7. The maximum absolute atomic E-state index is 12.4. The van der Waals surface area contributed by atoms with Crippen molar-refractivity contribution in [3.63, 3.8) is 0 Å². The molecule has 0 bridgehead atoms. The number of aromatic nitrogens is 2. The van der Waals surface area contributed by atoms with Gasteiger partial charge in [-0.2, -0.15) is 0 Å². The number of carbonyl (C=O) groups excluding carboxylic acids is 1. The third kappa shape index (κ3) is 3.68. The van der Waals surface area contributed by atoms with E-state index >= 15 is 0 Å². The normalized spacial score (nSPS) is 12.1.